The van der Waals surface area contributed by atoms with Crippen LogP contribution in [0, 0.1) is 0 Å². The van der Waals surface area contributed by atoms with Crippen LogP contribution in [0.5, 0.6) is 0 Å². The van der Waals surface area contributed by atoms with E-state index in [-0.39, 0.29) is 0 Å². The number of hydrogen-bond acceptors (Lipinski definition) is 2. The molecule has 0 saturated carbocycles. The van der Waals surface area contributed by atoms with E-state index < -0.39 is 8.07 Å². The van der Waals surface area contributed by atoms with Crippen LogP contribution in [0.4, 0.5) is 11.4 Å². The molecule has 116 valence electrons. The highest BCUT2D eigenvalue weighted by molar-refractivity contribution is 7.03. The van der Waals surface area contributed by atoms with Crippen molar-refractivity contribution in [3.63, 3.8) is 0 Å². The molecule has 2 aromatic heterocycles. The van der Waals surface area contributed by atoms with Gasteiger partial charge in [-0.25, -0.2) is 0 Å². The molecule has 0 aliphatic carbocycles. The van der Waals surface area contributed by atoms with E-state index in [1.807, 2.05) is 24.5 Å². The minimum Gasteiger partial charge on any atom is -0.654 e. The van der Waals surface area contributed by atoms with Crippen LogP contribution in [0.25, 0.3) is 27.1 Å². The molecule has 2 aromatic carbocycles. The van der Waals surface area contributed by atoms with Crippen LogP contribution < -0.4 is 10.4 Å². The smallest absolute Gasteiger partial charge is 0.109 e. The lowest BCUT2D eigenvalue weighted by Gasteiger charge is -2.43. The molecule has 0 bridgehead atoms. The first kappa shape index (κ1) is 13.7. The number of nitrogens with zero attached hydrogens (tertiary/aromatic N) is 3. The third-order valence-electron chi connectivity index (χ3n) is 5.07. The van der Waals surface area contributed by atoms with Gasteiger partial charge in [-0.1, -0.05) is 59.9 Å². The van der Waals surface area contributed by atoms with Crippen molar-refractivity contribution in [3.05, 3.63) is 66.2 Å². The Hall–Kier alpha value is -2.72. The second kappa shape index (κ2) is 4.64. The molecule has 3 heterocycles. The van der Waals surface area contributed by atoms with E-state index >= 15 is 0 Å². The van der Waals surface area contributed by atoms with Crippen LogP contribution in [-0.2, 0) is 0 Å². The number of pyridine rings is 2. The molecular weight excluding hydrogens is 310 g/mol. The molecule has 0 N–H and O–H groups in total. The predicted molar refractivity (Wildman–Crippen MR) is 103 cm³/mol. The van der Waals surface area contributed by atoms with Gasteiger partial charge >= 0.3 is 0 Å². The summed E-state index contributed by atoms with van der Waals surface area (Å²) in [5.74, 6) is 0. The van der Waals surface area contributed by atoms with Gasteiger partial charge in [0.2, 0.25) is 0 Å². The Labute approximate surface area is 141 Å². The predicted octanol–water partition coefficient (Wildman–Crippen LogP) is 4.26. The summed E-state index contributed by atoms with van der Waals surface area (Å²) in [6, 6.07) is 17.0. The third kappa shape index (κ3) is 1.71. The van der Waals surface area contributed by atoms with Crippen LogP contribution in [0.2, 0.25) is 13.1 Å². The Balaban J connectivity index is 1.89. The zero-order valence-electron chi connectivity index (χ0n) is 13.6. The van der Waals surface area contributed by atoms with E-state index in [9.17, 15) is 0 Å². The van der Waals surface area contributed by atoms with Gasteiger partial charge in [-0.3, -0.25) is 9.97 Å². The number of rotatable bonds is 0. The van der Waals surface area contributed by atoms with Gasteiger partial charge in [-0.05, 0) is 22.9 Å². The first-order valence-electron chi connectivity index (χ1n) is 8.14. The van der Waals surface area contributed by atoms with Crippen molar-refractivity contribution in [3.8, 4) is 0 Å². The van der Waals surface area contributed by atoms with Crippen molar-refractivity contribution in [1.82, 2.24) is 9.97 Å². The zero-order valence-corrected chi connectivity index (χ0v) is 14.6. The molecule has 0 atom stereocenters. The fourth-order valence-corrected chi connectivity index (χ4v) is 6.57. The molecule has 0 unspecified atom stereocenters. The maximum Gasteiger partial charge on any atom is 0.109 e. The molecule has 1 aliphatic heterocycles. The SMILES string of the molecule is C[Si]1(C)c2ccc3cccnc3c2[N-]c2c1ccc1cccnc21. The van der Waals surface area contributed by atoms with Crippen LogP contribution in [0.15, 0.2) is 60.9 Å². The van der Waals surface area contributed by atoms with E-state index in [1.165, 1.54) is 10.4 Å². The van der Waals surface area contributed by atoms with Gasteiger partial charge < -0.3 is 5.32 Å². The van der Waals surface area contributed by atoms with Crippen molar-refractivity contribution < 1.29 is 0 Å². The summed E-state index contributed by atoms with van der Waals surface area (Å²) in [6.07, 6.45) is 3.70. The van der Waals surface area contributed by atoms with E-state index in [0.29, 0.717) is 0 Å². The van der Waals surface area contributed by atoms with Crippen molar-refractivity contribution >= 4 is 51.6 Å². The Morgan fingerprint density at radius 1 is 0.708 bits per heavy atom. The van der Waals surface area contributed by atoms with Crippen LogP contribution in [0.3, 0.4) is 0 Å². The first-order chi connectivity index (χ1) is 11.7. The highest BCUT2D eigenvalue weighted by Crippen LogP contribution is 2.41. The Bertz CT molecular complexity index is 1030. The zero-order chi connectivity index (χ0) is 16.3. The van der Waals surface area contributed by atoms with Crippen LogP contribution in [0.1, 0.15) is 0 Å². The van der Waals surface area contributed by atoms with Crippen molar-refractivity contribution in [2.45, 2.75) is 13.1 Å². The molecular formula is C20H16N3Si-. The molecule has 0 spiro atoms. The Morgan fingerprint density at radius 2 is 1.21 bits per heavy atom. The molecule has 0 radical (unpaired) electrons. The lowest BCUT2D eigenvalue weighted by atomic mass is 10.1. The fourth-order valence-electron chi connectivity index (χ4n) is 3.75. The number of benzene rings is 2. The number of aromatic nitrogens is 2. The van der Waals surface area contributed by atoms with Crippen molar-refractivity contribution in [1.29, 1.82) is 0 Å². The molecule has 0 fully saturated rings. The largest absolute Gasteiger partial charge is 0.654 e. The van der Waals surface area contributed by atoms with Gasteiger partial charge in [0.1, 0.15) is 8.07 Å². The van der Waals surface area contributed by atoms with Crippen molar-refractivity contribution in [2.75, 3.05) is 0 Å². The standard InChI is InChI=1S/C20H16N3Si/c1-24(2)15-9-7-13-5-3-11-21-17(13)19(15)23-20-16(24)10-8-14-6-4-12-22-18(14)20/h3-12H,1-2H3/q-1. The second-order valence-corrected chi connectivity index (χ2v) is 11.1. The van der Waals surface area contributed by atoms with Gasteiger partial charge in [-0.15, -0.1) is 11.4 Å². The Morgan fingerprint density at radius 3 is 1.71 bits per heavy atom. The van der Waals surface area contributed by atoms with E-state index in [2.05, 4.69) is 59.5 Å². The second-order valence-electron chi connectivity index (χ2n) is 6.81. The van der Waals surface area contributed by atoms with E-state index in [4.69, 9.17) is 5.32 Å². The van der Waals surface area contributed by atoms with Crippen molar-refractivity contribution in [2.24, 2.45) is 0 Å². The monoisotopic (exact) mass is 326 g/mol. The highest BCUT2D eigenvalue weighted by atomic mass is 28.3. The summed E-state index contributed by atoms with van der Waals surface area (Å²) in [5, 5.41) is 10.1. The fraction of sp³-hybridized carbons (Fsp3) is 0.100. The summed E-state index contributed by atoms with van der Waals surface area (Å²) < 4.78 is 0. The van der Waals surface area contributed by atoms with Crippen LogP contribution in [-0.4, -0.2) is 18.0 Å². The van der Waals surface area contributed by atoms with Gasteiger partial charge in [0.25, 0.3) is 0 Å². The summed E-state index contributed by atoms with van der Waals surface area (Å²) in [6.45, 7) is 4.78. The van der Waals surface area contributed by atoms with E-state index in [1.54, 1.807) is 0 Å². The Kier molecular flexibility index (Phi) is 2.65. The average Bonchev–Trinajstić information content (AvgIpc) is 2.61. The van der Waals surface area contributed by atoms with Gasteiger partial charge in [0.15, 0.2) is 0 Å². The summed E-state index contributed by atoms with van der Waals surface area (Å²) in [5.41, 5.74) is 4.06. The summed E-state index contributed by atoms with van der Waals surface area (Å²) in [7, 11) is -1.84. The molecule has 0 saturated heterocycles. The quantitative estimate of drug-likeness (QED) is 0.453. The molecule has 4 aromatic rings. The van der Waals surface area contributed by atoms with Gasteiger partial charge in [0, 0.05) is 12.4 Å². The lowest BCUT2D eigenvalue weighted by Crippen LogP contribution is -2.55. The summed E-state index contributed by atoms with van der Waals surface area (Å²) >= 11 is 0. The molecule has 4 heteroatoms. The van der Waals surface area contributed by atoms with E-state index in [0.717, 1.165) is 33.2 Å². The molecule has 0 amide bonds. The molecule has 24 heavy (non-hydrogen) atoms. The first-order valence-corrected chi connectivity index (χ1v) is 11.1. The molecule has 3 nitrogen and oxygen atoms in total. The number of fused-ring (bicyclic) bond motifs is 6. The minimum atomic E-state index is -1.84. The maximum absolute atomic E-state index is 5.07. The highest BCUT2D eigenvalue weighted by Gasteiger charge is 2.31. The normalized spacial score (nSPS) is 14.9. The topological polar surface area (TPSA) is 39.9 Å². The molecule has 5 rings (SSSR count). The van der Waals surface area contributed by atoms with Gasteiger partial charge in [-0.2, -0.15) is 0 Å². The van der Waals surface area contributed by atoms with Gasteiger partial charge in [0.05, 0.1) is 11.0 Å². The minimum absolute atomic E-state index is 0.995. The lowest BCUT2D eigenvalue weighted by molar-refractivity contribution is 1.40. The average molecular weight is 326 g/mol. The molecule has 1 aliphatic rings. The third-order valence-corrected chi connectivity index (χ3v) is 8.57. The van der Waals surface area contributed by atoms with Crippen LogP contribution >= 0.6 is 0 Å². The summed E-state index contributed by atoms with van der Waals surface area (Å²) in [4.78, 5) is 9.24. The maximum atomic E-state index is 5.07. The number of hydrogen-bond donors (Lipinski definition) is 0.